The second-order valence-corrected chi connectivity index (χ2v) is 4.49. The maximum Gasteiger partial charge on any atom is 0.269 e. The van der Waals surface area contributed by atoms with E-state index >= 15 is 0 Å². The van der Waals surface area contributed by atoms with Gasteiger partial charge in [0.2, 0.25) is 0 Å². The monoisotopic (exact) mass is 273 g/mol. The van der Waals surface area contributed by atoms with Crippen molar-refractivity contribution >= 4 is 5.69 Å². The Morgan fingerprint density at radius 3 is 2.60 bits per heavy atom. The van der Waals surface area contributed by atoms with Gasteiger partial charge in [0.15, 0.2) is 0 Å². The molecule has 0 bridgehead atoms. The SMILES string of the molecule is Cc1ccc(OCC(O)c2cccc([N+](=O)[O-])c2)cc1. The summed E-state index contributed by atoms with van der Waals surface area (Å²) < 4.78 is 5.46. The average Bonchev–Trinajstić information content (AvgIpc) is 2.46. The predicted molar refractivity (Wildman–Crippen MR) is 74.7 cm³/mol. The van der Waals surface area contributed by atoms with E-state index in [1.54, 1.807) is 12.1 Å². The Bertz CT molecular complexity index is 595. The van der Waals surface area contributed by atoms with Gasteiger partial charge in [0.25, 0.3) is 5.69 Å². The summed E-state index contributed by atoms with van der Waals surface area (Å²) in [5, 5.41) is 20.7. The van der Waals surface area contributed by atoms with E-state index in [1.165, 1.54) is 12.1 Å². The third kappa shape index (κ3) is 3.55. The molecule has 5 heteroatoms. The molecule has 0 amide bonds. The molecule has 1 atom stereocenters. The summed E-state index contributed by atoms with van der Waals surface area (Å²) >= 11 is 0. The quantitative estimate of drug-likeness (QED) is 0.671. The molecule has 0 saturated heterocycles. The zero-order valence-electron chi connectivity index (χ0n) is 11.0. The summed E-state index contributed by atoms with van der Waals surface area (Å²) in [5.41, 5.74) is 1.54. The Labute approximate surface area is 116 Å². The van der Waals surface area contributed by atoms with Gasteiger partial charge < -0.3 is 9.84 Å². The number of hydrogen-bond donors (Lipinski definition) is 1. The van der Waals surface area contributed by atoms with E-state index in [1.807, 2.05) is 31.2 Å². The Balaban J connectivity index is 2.01. The van der Waals surface area contributed by atoms with Gasteiger partial charge in [-0.1, -0.05) is 29.8 Å². The molecular weight excluding hydrogens is 258 g/mol. The summed E-state index contributed by atoms with van der Waals surface area (Å²) in [7, 11) is 0. The van der Waals surface area contributed by atoms with Crippen LogP contribution in [-0.4, -0.2) is 16.6 Å². The van der Waals surface area contributed by atoms with Crippen LogP contribution in [0.15, 0.2) is 48.5 Å². The number of aryl methyl sites for hydroxylation is 1. The van der Waals surface area contributed by atoms with Crippen molar-refractivity contribution in [3.05, 3.63) is 69.8 Å². The third-order valence-corrected chi connectivity index (χ3v) is 2.89. The highest BCUT2D eigenvalue weighted by molar-refractivity contribution is 5.35. The molecule has 0 heterocycles. The van der Waals surface area contributed by atoms with Crippen molar-refractivity contribution in [1.29, 1.82) is 0 Å². The van der Waals surface area contributed by atoms with Crippen molar-refractivity contribution < 1.29 is 14.8 Å². The molecule has 0 aromatic heterocycles. The first-order valence-corrected chi connectivity index (χ1v) is 6.18. The molecule has 2 rings (SSSR count). The van der Waals surface area contributed by atoms with Gasteiger partial charge >= 0.3 is 0 Å². The number of nitro benzene ring substituents is 1. The fourth-order valence-electron chi connectivity index (χ4n) is 1.75. The summed E-state index contributed by atoms with van der Waals surface area (Å²) in [6.07, 6.45) is -0.906. The summed E-state index contributed by atoms with van der Waals surface area (Å²) in [6.45, 7) is 2.02. The average molecular weight is 273 g/mol. The van der Waals surface area contributed by atoms with Gasteiger partial charge in [-0.3, -0.25) is 10.1 Å². The van der Waals surface area contributed by atoms with Crippen molar-refractivity contribution in [2.24, 2.45) is 0 Å². The van der Waals surface area contributed by atoms with Gasteiger partial charge in [0.1, 0.15) is 18.5 Å². The van der Waals surface area contributed by atoms with E-state index in [-0.39, 0.29) is 12.3 Å². The minimum Gasteiger partial charge on any atom is -0.491 e. The number of rotatable bonds is 5. The lowest BCUT2D eigenvalue weighted by Crippen LogP contribution is -2.09. The maximum absolute atomic E-state index is 10.7. The van der Waals surface area contributed by atoms with Crippen LogP contribution in [-0.2, 0) is 0 Å². The van der Waals surface area contributed by atoms with E-state index in [4.69, 9.17) is 4.74 Å². The zero-order chi connectivity index (χ0) is 14.5. The molecule has 0 saturated carbocycles. The van der Waals surface area contributed by atoms with Crippen LogP contribution in [0.5, 0.6) is 5.75 Å². The molecule has 2 aromatic rings. The van der Waals surface area contributed by atoms with Crippen molar-refractivity contribution in [2.75, 3.05) is 6.61 Å². The molecule has 0 fully saturated rings. The lowest BCUT2D eigenvalue weighted by Gasteiger charge is -2.12. The largest absolute Gasteiger partial charge is 0.491 e. The van der Waals surface area contributed by atoms with E-state index in [9.17, 15) is 15.2 Å². The first-order chi connectivity index (χ1) is 9.56. The molecule has 0 spiro atoms. The highest BCUT2D eigenvalue weighted by Gasteiger charge is 2.13. The molecule has 2 aromatic carbocycles. The molecule has 0 aliphatic heterocycles. The number of aliphatic hydroxyl groups excluding tert-OH is 1. The number of aliphatic hydroxyl groups is 1. The first-order valence-electron chi connectivity index (χ1n) is 6.18. The van der Waals surface area contributed by atoms with Crippen molar-refractivity contribution in [2.45, 2.75) is 13.0 Å². The maximum atomic E-state index is 10.7. The van der Waals surface area contributed by atoms with Crippen LogP contribution < -0.4 is 4.74 Å². The first kappa shape index (κ1) is 14.0. The minimum absolute atomic E-state index is 0.0446. The Hall–Kier alpha value is -2.40. The standard InChI is InChI=1S/C15H15NO4/c1-11-5-7-14(8-6-11)20-10-15(17)12-3-2-4-13(9-12)16(18)19/h2-9,15,17H,10H2,1H3. The Morgan fingerprint density at radius 1 is 1.25 bits per heavy atom. The fraction of sp³-hybridized carbons (Fsp3) is 0.200. The zero-order valence-corrected chi connectivity index (χ0v) is 11.0. The predicted octanol–water partition coefficient (Wildman–Crippen LogP) is 3.02. The van der Waals surface area contributed by atoms with E-state index in [0.29, 0.717) is 11.3 Å². The number of ether oxygens (including phenoxy) is 1. The number of hydrogen-bond acceptors (Lipinski definition) is 4. The van der Waals surface area contributed by atoms with Gasteiger partial charge in [-0.2, -0.15) is 0 Å². The number of benzene rings is 2. The van der Waals surface area contributed by atoms with E-state index in [0.717, 1.165) is 5.56 Å². The highest BCUT2D eigenvalue weighted by Crippen LogP contribution is 2.20. The summed E-state index contributed by atoms with van der Waals surface area (Å²) in [5.74, 6) is 0.653. The van der Waals surface area contributed by atoms with E-state index in [2.05, 4.69) is 0 Å². The lowest BCUT2D eigenvalue weighted by atomic mass is 10.1. The molecule has 5 nitrogen and oxygen atoms in total. The van der Waals surface area contributed by atoms with Gasteiger partial charge in [-0.15, -0.1) is 0 Å². The van der Waals surface area contributed by atoms with Crippen LogP contribution in [0.1, 0.15) is 17.2 Å². The van der Waals surface area contributed by atoms with Crippen molar-refractivity contribution in [1.82, 2.24) is 0 Å². The van der Waals surface area contributed by atoms with Gasteiger partial charge in [0, 0.05) is 12.1 Å². The molecule has 1 N–H and O–H groups in total. The summed E-state index contributed by atoms with van der Waals surface area (Å²) in [4.78, 5) is 10.2. The van der Waals surface area contributed by atoms with Crippen molar-refractivity contribution in [3.63, 3.8) is 0 Å². The van der Waals surface area contributed by atoms with Crippen LogP contribution in [0.4, 0.5) is 5.69 Å². The van der Waals surface area contributed by atoms with Crippen LogP contribution in [0, 0.1) is 17.0 Å². The number of nitro groups is 1. The fourth-order valence-corrected chi connectivity index (χ4v) is 1.75. The van der Waals surface area contributed by atoms with E-state index < -0.39 is 11.0 Å². The Kier molecular flexibility index (Phi) is 4.32. The van der Waals surface area contributed by atoms with Gasteiger partial charge in [0.05, 0.1) is 4.92 Å². The second-order valence-electron chi connectivity index (χ2n) is 4.49. The lowest BCUT2D eigenvalue weighted by molar-refractivity contribution is -0.385. The number of non-ortho nitro benzene ring substituents is 1. The molecular formula is C15H15NO4. The molecule has 20 heavy (non-hydrogen) atoms. The Morgan fingerprint density at radius 2 is 1.95 bits per heavy atom. The minimum atomic E-state index is -0.906. The summed E-state index contributed by atoms with van der Waals surface area (Å²) in [6, 6.07) is 13.4. The smallest absolute Gasteiger partial charge is 0.269 e. The van der Waals surface area contributed by atoms with Crippen LogP contribution >= 0.6 is 0 Å². The highest BCUT2D eigenvalue weighted by atomic mass is 16.6. The van der Waals surface area contributed by atoms with Crippen LogP contribution in [0.25, 0.3) is 0 Å². The van der Waals surface area contributed by atoms with Crippen LogP contribution in [0.3, 0.4) is 0 Å². The molecule has 0 aliphatic carbocycles. The molecule has 0 radical (unpaired) electrons. The molecule has 0 aliphatic rings. The normalized spacial score (nSPS) is 11.9. The number of nitrogens with zero attached hydrogens (tertiary/aromatic N) is 1. The van der Waals surface area contributed by atoms with Gasteiger partial charge in [-0.25, -0.2) is 0 Å². The van der Waals surface area contributed by atoms with Crippen LogP contribution in [0.2, 0.25) is 0 Å². The second kappa shape index (κ2) is 6.16. The molecule has 1 unspecified atom stereocenters. The van der Waals surface area contributed by atoms with Gasteiger partial charge in [-0.05, 0) is 24.6 Å². The topological polar surface area (TPSA) is 72.6 Å². The third-order valence-electron chi connectivity index (χ3n) is 2.89. The van der Waals surface area contributed by atoms with Crippen molar-refractivity contribution in [3.8, 4) is 5.75 Å². The molecule has 104 valence electrons.